The molecule has 17 heavy (non-hydrogen) atoms. The minimum absolute atomic E-state index is 0.0757. The van der Waals surface area contributed by atoms with Gasteiger partial charge in [-0.05, 0) is 5.56 Å². The van der Waals surface area contributed by atoms with E-state index in [1.54, 1.807) is 0 Å². The molecule has 0 unspecified atom stereocenters. The van der Waals surface area contributed by atoms with Crippen molar-refractivity contribution in [2.24, 2.45) is 0 Å². The standard InChI is InChI=1S/C12H14FNO3/c13-10-9(15)6-14-11(10)12(16)17-7-8-4-2-1-3-5-8/h1-5,9-11,14-15H,6-7H2/t9-,10-,11+/m1/s1. The predicted octanol–water partition coefficient (Wildman–Crippen LogP) is 0.401. The van der Waals surface area contributed by atoms with Crippen LogP contribution in [0.4, 0.5) is 4.39 Å². The number of halogens is 1. The van der Waals surface area contributed by atoms with Crippen LogP contribution in [0, 0.1) is 0 Å². The predicted molar refractivity (Wildman–Crippen MR) is 58.9 cm³/mol. The second-order valence-corrected chi connectivity index (χ2v) is 3.99. The van der Waals surface area contributed by atoms with Crippen LogP contribution in [0.2, 0.25) is 0 Å². The van der Waals surface area contributed by atoms with Crippen molar-refractivity contribution in [3.8, 4) is 0 Å². The second-order valence-electron chi connectivity index (χ2n) is 3.99. The maximum atomic E-state index is 13.3. The smallest absolute Gasteiger partial charge is 0.326 e. The second kappa shape index (κ2) is 5.25. The third kappa shape index (κ3) is 2.81. The van der Waals surface area contributed by atoms with E-state index in [2.05, 4.69) is 5.32 Å². The van der Waals surface area contributed by atoms with Crippen LogP contribution < -0.4 is 5.32 Å². The summed E-state index contributed by atoms with van der Waals surface area (Å²) in [5.74, 6) is -0.669. The molecule has 4 nitrogen and oxygen atoms in total. The Labute approximate surface area is 98.4 Å². The van der Waals surface area contributed by atoms with E-state index in [0.717, 1.165) is 5.56 Å². The van der Waals surface area contributed by atoms with Crippen LogP contribution >= 0.6 is 0 Å². The number of benzene rings is 1. The van der Waals surface area contributed by atoms with Crippen LogP contribution in [0.25, 0.3) is 0 Å². The molecule has 5 heteroatoms. The van der Waals surface area contributed by atoms with Gasteiger partial charge in [0.2, 0.25) is 0 Å². The molecule has 0 bridgehead atoms. The van der Waals surface area contributed by atoms with Crippen molar-refractivity contribution in [2.45, 2.75) is 24.9 Å². The van der Waals surface area contributed by atoms with Gasteiger partial charge in [0.1, 0.15) is 12.6 Å². The molecule has 0 amide bonds. The Bertz CT molecular complexity index is 385. The summed E-state index contributed by atoms with van der Waals surface area (Å²) in [6.07, 6.45) is -2.73. The monoisotopic (exact) mass is 239 g/mol. The van der Waals surface area contributed by atoms with Crippen LogP contribution in [0.5, 0.6) is 0 Å². The molecule has 0 radical (unpaired) electrons. The highest BCUT2D eigenvalue weighted by Crippen LogP contribution is 2.14. The lowest BCUT2D eigenvalue weighted by Gasteiger charge is -2.13. The van der Waals surface area contributed by atoms with Gasteiger partial charge in [-0.15, -0.1) is 0 Å². The Balaban J connectivity index is 1.86. The van der Waals surface area contributed by atoms with Crippen molar-refractivity contribution in [3.05, 3.63) is 35.9 Å². The average Bonchev–Trinajstić information content (AvgIpc) is 2.69. The molecule has 1 saturated heterocycles. The van der Waals surface area contributed by atoms with E-state index in [1.165, 1.54) is 0 Å². The molecule has 0 spiro atoms. The lowest BCUT2D eigenvalue weighted by atomic mass is 10.2. The van der Waals surface area contributed by atoms with Crippen LogP contribution in [-0.2, 0) is 16.1 Å². The van der Waals surface area contributed by atoms with Gasteiger partial charge in [-0.3, -0.25) is 10.1 Å². The largest absolute Gasteiger partial charge is 0.460 e. The van der Waals surface area contributed by atoms with Crippen molar-refractivity contribution >= 4 is 5.97 Å². The Kier molecular flexibility index (Phi) is 3.71. The molecule has 1 aliphatic heterocycles. The van der Waals surface area contributed by atoms with E-state index >= 15 is 0 Å². The Hall–Kier alpha value is -1.46. The number of ether oxygens (including phenoxy) is 1. The molecular weight excluding hydrogens is 225 g/mol. The lowest BCUT2D eigenvalue weighted by Crippen LogP contribution is -2.39. The van der Waals surface area contributed by atoms with E-state index in [1.807, 2.05) is 30.3 Å². The molecule has 1 aromatic carbocycles. The maximum Gasteiger partial charge on any atom is 0.326 e. The Morgan fingerprint density at radius 2 is 2.18 bits per heavy atom. The van der Waals surface area contributed by atoms with E-state index in [4.69, 9.17) is 9.84 Å². The van der Waals surface area contributed by atoms with E-state index < -0.39 is 24.3 Å². The molecule has 3 atom stereocenters. The number of β-amino-alcohol motifs (C(OH)–C–C–N with tert-alkyl or cyclic N) is 1. The van der Waals surface area contributed by atoms with Gasteiger partial charge in [0.05, 0.1) is 6.10 Å². The summed E-state index contributed by atoms with van der Waals surface area (Å²) in [4.78, 5) is 11.5. The third-order valence-corrected chi connectivity index (χ3v) is 2.71. The highest BCUT2D eigenvalue weighted by atomic mass is 19.1. The molecule has 0 saturated carbocycles. The first-order valence-corrected chi connectivity index (χ1v) is 5.44. The van der Waals surface area contributed by atoms with E-state index in [9.17, 15) is 9.18 Å². The SMILES string of the molecule is O=C(OCc1ccccc1)[C@H]1NC[C@@H](O)[C@H]1F. The number of hydrogen-bond donors (Lipinski definition) is 2. The van der Waals surface area contributed by atoms with Crippen LogP contribution in [0.15, 0.2) is 30.3 Å². The summed E-state index contributed by atoms with van der Waals surface area (Å²) in [5.41, 5.74) is 0.842. The van der Waals surface area contributed by atoms with Crippen LogP contribution in [0.3, 0.4) is 0 Å². The lowest BCUT2D eigenvalue weighted by molar-refractivity contribution is -0.148. The van der Waals surface area contributed by atoms with E-state index in [-0.39, 0.29) is 13.2 Å². The fraction of sp³-hybridized carbons (Fsp3) is 0.417. The maximum absolute atomic E-state index is 13.3. The van der Waals surface area contributed by atoms with Crippen molar-refractivity contribution in [3.63, 3.8) is 0 Å². The highest BCUT2D eigenvalue weighted by molar-refractivity contribution is 5.77. The molecule has 0 aromatic heterocycles. The number of carbonyl (C=O) groups excluding carboxylic acids is 1. The van der Waals surface area contributed by atoms with Gasteiger partial charge in [0, 0.05) is 6.54 Å². The number of rotatable bonds is 3. The zero-order chi connectivity index (χ0) is 12.3. The number of aliphatic hydroxyl groups excluding tert-OH is 1. The van der Waals surface area contributed by atoms with Gasteiger partial charge in [-0.25, -0.2) is 4.39 Å². The number of alkyl halides is 1. The van der Waals surface area contributed by atoms with Gasteiger partial charge in [-0.2, -0.15) is 0 Å². The van der Waals surface area contributed by atoms with Crippen LogP contribution in [-0.4, -0.2) is 35.9 Å². The molecular formula is C12H14FNO3. The molecule has 2 N–H and O–H groups in total. The van der Waals surface area contributed by atoms with Crippen molar-refractivity contribution < 1.29 is 19.0 Å². The summed E-state index contributed by atoms with van der Waals surface area (Å²) in [5, 5.41) is 11.7. The zero-order valence-electron chi connectivity index (χ0n) is 9.17. The van der Waals surface area contributed by atoms with Gasteiger partial charge >= 0.3 is 5.97 Å². The van der Waals surface area contributed by atoms with Gasteiger partial charge in [0.25, 0.3) is 0 Å². The summed E-state index contributed by atoms with van der Waals surface area (Å²) < 4.78 is 18.3. The van der Waals surface area contributed by atoms with Gasteiger partial charge in [-0.1, -0.05) is 30.3 Å². The minimum atomic E-state index is -1.60. The first-order valence-electron chi connectivity index (χ1n) is 5.44. The van der Waals surface area contributed by atoms with Gasteiger partial charge in [0.15, 0.2) is 6.17 Å². The fourth-order valence-electron chi connectivity index (χ4n) is 1.73. The fourth-order valence-corrected chi connectivity index (χ4v) is 1.73. The third-order valence-electron chi connectivity index (χ3n) is 2.71. The number of nitrogens with one attached hydrogen (secondary N) is 1. The quantitative estimate of drug-likeness (QED) is 0.750. The minimum Gasteiger partial charge on any atom is -0.460 e. The molecule has 0 aliphatic carbocycles. The first-order chi connectivity index (χ1) is 8.18. The van der Waals surface area contributed by atoms with Crippen molar-refractivity contribution in [1.29, 1.82) is 0 Å². The molecule has 1 heterocycles. The normalized spacial score (nSPS) is 28.0. The average molecular weight is 239 g/mol. The zero-order valence-corrected chi connectivity index (χ0v) is 9.17. The van der Waals surface area contributed by atoms with E-state index in [0.29, 0.717) is 0 Å². The number of carbonyl (C=O) groups is 1. The molecule has 1 fully saturated rings. The molecule has 1 aliphatic rings. The van der Waals surface area contributed by atoms with Crippen molar-refractivity contribution in [1.82, 2.24) is 5.32 Å². The molecule has 2 rings (SSSR count). The highest BCUT2D eigenvalue weighted by Gasteiger charge is 2.40. The Morgan fingerprint density at radius 3 is 2.76 bits per heavy atom. The summed E-state index contributed by atoms with van der Waals surface area (Å²) in [6, 6.07) is 8.09. The summed E-state index contributed by atoms with van der Waals surface area (Å²) in [7, 11) is 0. The molecule has 1 aromatic rings. The number of esters is 1. The number of hydrogen-bond acceptors (Lipinski definition) is 4. The van der Waals surface area contributed by atoms with Gasteiger partial charge < -0.3 is 9.84 Å². The summed E-state index contributed by atoms with van der Waals surface area (Å²) in [6.45, 7) is 0.187. The Morgan fingerprint density at radius 1 is 1.47 bits per heavy atom. The topological polar surface area (TPSA) is 58.6 Å². The first kappa shape index (κ1) is 12.0. The summed E-state index contributed by atoms with van der Waals surface area (Å²) >= 11 is 0. The number of aliphatic hydroxyl groups is 1. The van der Waals surface area contributed by atoms with Crippen LogP contribution in [0.1, 0.15) is 5.56 Å². The molecule has 92 valence electrons. The van der Waals surface area contributed by atoms with Crippen molar-refractivity contribution in [2.75, 3.05) is 6.54 Å².